The number of amidine groups is 1. The zero-order chi connectivity index (χ0) is 30.8. The number of likely N-dealkylation sites (N-methyl/N-ethyl adjacent to an activating group) is 1. The maximum Gasteiger partial charge on any atom is 0.243 e. The number of nitrogens with zero attached hydrogens (tertiary/aromatic N) is 5. The van der Waals surface area contributed by atoms with Gasteiger partial charge in [-0.1, -0.05) is 31.5 Å². The fourth-order valence-corrected chi connectivity index (χ4v) is 7.34. The number of hydrogen-bond acceptors (Lipinski definition) is 9. The molecule has 0 aliphatic carbocycles. The van der Waals surface area contributed by atoms with Crippen LogP contribution in [0.1, 0.15) is 42.8 Å². The molecule has 0 spiro atoms. The Morgan fingerprint density at radius 1 is 1.02 bits per heavy atom. The second-order valence-electron chi connectivity index (χ2n) is 10.8. The monoisotopic (exact) mass is 629 g/mol. The van der Waals surface area contributed by atoms with Gasteiger partial charge in [0.1, 0.15) is 11.6 Å². The Bertz CT molecular complexity index is 1730. The number of benzene rings is 2. The third-order valence-electron chi connectivity index (χ3n) is 7.49. The predicted molar refractivity (Wildman–Crippen MR) is 168 cm³/mol. The van der Waals surface area contributed by atoms with Crippen molar-refractivity contribution in [3.8, 4) is 5.75 Å². The van der Waals surface area contributed by atoms with Gasteiger partial charge in [-0.15, -0.1) is 0 Å². The summed E-state index contributed by atoms with van der Waals surface area (Å²) in [7, 11) is -5.17. The van der Waals surface area contributed by atoms with Crippen LogP contribution in [0.3, 0.4) is 0 Å². The minimum Gasteiger partial charge on any atom is -0.493 e. The van der Waals surface area contributed by atoms with Crippen molar-refractivity contribution in [2.45, 2.75) is 44.7 Å². The van der Waals surface area contributed by atoms with Gasteiger partial charge in [-0.25, -0.2) is 16.8 Å². The molecule has 1 fully saturated rings. The first kappa shape index (κ1) is 31.0. The van der Waals surface area contributed by atoms with Crippen molar-refractivity contribution in [3.63, 3.8) is 0 Å². The molecule has 1 saturated heterocycles. The highest BCUT2D eigenvalue weighted by Crippen LogP contribution is 2.33. The van der Waals surface area contributed by atoms with E-state index in [0.717, 1.165) is 41.7 Å². The summed E-state index contributed by atoms with van der Waals surface area (Å²) in [5, 5.41) is 8.34. The smallest absolute Gasteiger partial charge is 0.243 e. The molecule has 0 amide bonds. The molecule has 0 radical (unpaired) electrons. The molecule has 232 valence electrons. The van der Waals surface area contributed by atoms with Crippen LogP contribution in [0.4, 0.5) is 11.4 Å². The van der Waals surface area contributed by atoms with E-state index in [2.05, 4.69) is 21.9 Å². The van der Waals surface area contributed by atoms with E-state index in [9.17, 15) is 16.8 Å². The Morgan fingerprint density at radius 3 is 2.47 bits per heavy atom. The molecule has 2 N–H and O–H groups in total. The highest BCUT2D eigenvalue weighted by molar-refractivity contribution is 7.92. The molecular formula is C29H39N7O5S2. The Kier molecular flexibility index (Phi) is 9.11. The molecule has 2 aromatic carbocycles. The van der Waals surface area contributed by atoms with Gasteiger partial charge in [0.15, 0.2) is 0 Å². The van der Waals surface area contributed by atoms with E-state index in [4.69, 9.17) is 14.8 Å². The second-order valence-corrected chi connectivity index (χ2v) is 14.5. The lowest BCUT2D eigenvalue weighted by Crippen LogP contribution is -2.47. The first-order chi connectivity index (χ1) is 20.5. The fraction of sp³-hybridized carbons (Fsp3) is 0.448. The Hall–Kier alpha value is -3.46. The van der Waals surface area contributed by atoms with Crippen molar-refractivity contribution in [2.75, 3.05) is 56.1 Å². The van der Waals surface area contributed by atoms with Gasteiger partial charge in [0.2, 0.25) is 20.0 Å². The average Bonchev–Trinajstić information content (AvgIpc) is 3.30. The number of rotatable bonds is 11. The van der Waals surface area contributed by atoms with Gasteiger partial charge in [-0.2, -0.15) is 9.40 Å². The van der Waals surface area contributed by atoms with Crippen molar-refractivity contribution < 1.29 is 21.6 Å². The van der Waals surface area contributed by atoms with Crippen LogP contribution >= 0.6 is 0 Å². The van der Waals surface area contributed by atoms with E-state index in [1.54, 1.807) is 30.3 Å². The lowest BCUT2D eigenvalue weighted by atomic mass is 10.1. The number of fused-ring (bicyclic) bond motifs is 1. The van der Waals surface area contributed by atoms with Crippen LogP contribution in [-0.2, 0) is 39.6 Å². The molecular weight excluding hydrogens is 590 g/mol. The number of aliphatic imine (C=N–C) groups is 1. The standard InChI is InChI=1S/C29H39N7O5S2/c1-5-9-25-28-26(36(32-25)20-21-10-7-8-11-24(21)33-42(4,37)38)19-30-29(31-28)23-18-22(12-13-27(23)41-6-2)43(39,40)35-16-14-34(3)15-17-35/h7-8,10-13,18,33H,5-6,9,14-17,19-20H2,1-4H3,(H,30,31). The summed E-state index contributed by atoms with van der Waals surface area (Å²) in [6.45, 7) is 7.26. The van der Waals surface area contributed by atoms with Gasteiger partial charge >= 0.3 is 0 Å². The molecule has 14 heteroatoms. The topological polar surface area (TPSA) is 138 Å². The second kappa shape index (κ2) is 12.6. The van der Waals surface area contributed by atoms with Crippen molar-refractivity contribution in [3.05, 3.63) is 65.0 Å². The molecule has 0 saturated carbocycles. The van der Waals surface area contributed by atoms with Gasteiger partial charge in [0.05, 0.1) is 59.2 Å². The van der Waals surface area contributed by atoms with Crippen LogP contribution in [0.25, 0.3) is 0 Å². The quantitative estimate of drug-likeness (QED) is 0.330. The number of hydrogen-bond donors (Lipinski definition) is 2. The molecule has 5 rings (SSSR count). The van der Waals surface area contributed by atoms with Gasteiger partial charge in [-0.05, 0) is 50.2 Å². The maximum atomic E-state index is 13.6. The van der Waals surface area contributed by atoms with Crippen LogP contribution in [0.5, 0.6) is 5.75 Å². The molecule has 12 nitrogen and oxygen atoms in total. The third kappa shape index (κ3) is 6.87. The number of sulfonamides is 2. The average molecular weight is 630 g/mol. The largest absolute Gasteiger partial charge is 0.493 e. The zero-order valence-corrected chi connectivity index (χ0v) is 26.6. The Morgan fingerprint density at radius 2 is 1.77 bits per heavy atom. The Labute approximate surface area is 253 Å². The van der Waals surface area contributed by atoms with E-state index in [-0.39, 0.29) is 4.90 Å². The third-order valence-corrected chi connectivity index (χ3v) is 9.97. The van der Waals surface area contributed by atoms with Crippen LogP contribution in [0, 0.1) is 0 Å². The summed E-state index contributed by atoms with van der Waals surface area (Å²) < 4.78 is 62.9. The number of anilines is 2. The Balaban J connectivity index is 1.49. The number of aromatic nitrogens is 2. The molecule has 2 aliphatic heterocycles. The number of ether oxygens (including phenoxy) is 1. The van der Waals surface area contributed by atoms with Gasteiger partial charge in [-0.3, -0.25) is 14.4 Å². The van der Waals surface area contributed by atoms with Crippen molar-refractivity contribution in [1.29, 1.82) is 0 Å². The normalized spacial score (nSPS) is 16.3. The molecule has 0 unspecified atom stereocenters. The van der Waals surface area contributed by atoms with Crippen LogP contribution in [-0.4, -0.2) is 87.7 Å². The summed E-state index contributed by atoms with van der Waals surface area (Å²) in [4.78, 5) is 7.14. The van der Waals surface area contributed by atoms with Gasteiger partial charge in [0, 0.05) is 26.2 Å². The fourth-order valence-electron chi connectivity index (χ4n) is 5.30. The van der Waals surface area contributed by atoms with Crippen LogP contribution in [0.2, 0.25) is 0 Å². The number of piperazine rings is 1. The zero-order valence-electron chi connectivity index (χ0n) is 25.0. The molecule has 0 bridgehead atoms. The lowest BCUT2D eigenvalue weighted by molar-refractivity contribution is 0.222. The van der Waals surface area contributed by atoms with Crippen molar-refractivity contribution in [2.24, 2.45) is 4.99 Å². The summed E-state index contributed by atoms with van der Waals surface area (Å²) in [6, 6.07) is 12.2. The first-order valence-electron chi connectivity index (χ1n) is 14.4. The van der Waals surface area contributed by atoms with E-state index in [1.165, 1.54) is 4.31 Å². The number of nitrogens with one attached hydrogen (secondary N) is 2. The molecule has 43 heavy (non-hydrogen) atoms. The summed E-state index contributed by atoms with van der Waals surface area (Å²) >= 11 is 0. The van der Waals surface area contributed by atoms with Crippen LogP contribution in [0.15, 0.2) is 52.4 Å². The van der Waals surface area contributed by atoms with Crippen molar-refractivity contribution in [1.82, 2.24) is 19.0 Å². The molecule has 3 aromatic rings. The van der Waals surface area contributed by atoms with Crippen molar-refractivity contribution >= 4 is 37.3 Å². The molecule has 2 aliphatic rings. The van der Waals surface area contributed by atoms with E-state index < -0.39 is 20.0 Å². The van der Waals surface area contributed by atoms with E-state index in [0.29, 0.717) is 68.7 Å². The van der Waals surface area contributed by atoms with Crippen LogP contribution < -0.4 is 14.8 Å². The number of para-hydroxylation sites is 1. The minimum atomic E-state index is -3.70. The molecule has 3 heterocycles. The molecule has 1 aromatic heterocycles. The van der Waals surface area contributed by atoms with Gasteiger partial charge in [0.25, 0.3) is 0 Å². The SMILES string of the molecule is CCCc1nn(Cc2ccccc2NS(C)(=O)=O)c2c1NC(c1cc(S(=O)(=O)N3CCN(C)CC3)ccc1OCC)=NC2. The summed E-state index contributed by atoms with van der Waals surface area (Å²) in [5.74, 6) is 1.06. The predicted octanol–water partition coefficient (Wildman–Crippen LogP) is 2.96. The highest BCUT2D eigenvalue weighted by Gasteiger charge is 2.30. The highest BCUT2D eigenvalue weighted by atomic mass is 32.2. The maximum absolute atomic E-state index is 13.6. The van der Waals surface area contributed by atoms with Gasteiger partial charge < -0.3 is 15.0 Å². The van der Waals surface area contributed by atoms with E-state index in [1.807, 2.05) is 30.8 Å². The first-order valence-corrected chi connectivity index (χ1v) is 17.7. The minimum absolute atomic E-state index is 0.199. The summed E-state index contributed by atoms with van der Waals surface area (Å²) in [5.41, 5.74) is 4.39. The number of aryl methyl sites for hydroxylation is 1. The lowest BCUT2D eigenvalue weighted by Gasteiger charge is -2.31. The van der Waals surface area contributed by atoms with E-state index >= 15 is 0 Å². The summed E-state index contributed by atoms with van der Waals surface area (Å²) in [6.07, 6.45) is 2.71. The molecule has 0 atom stereocenters.